The predicted molar refractivity (Wildman–Crippen MR) is 47.8 cm³/mol. The highest BCUT2D eigenvalue weighted by molar-refractivity contribution is 5.80. The fourth-order valence-electron chi connectivity index (χ4n) is 1.21. The normalized spacial score (nSPS) is 10.4. The van der Waals surface area contributed by atoms with Gasteiger partial charge in [0, 0.05) is 12.1 Å². The van der Waals surface area contributed by atoms with Crippen LogP contribution in [0, 0.1) is 5.82 Å². The first-order valence-corrected chi connectivity index (χ1v) is 3.89. The van der Waals surface area contributed by atoms with Crippen molar-refractivity contribution in [2.75, 3.05) is 0 Å². The summed E-state index contributed by atoms with van der Waals surface area (Å²) in [5.41, 5.74) is -0.270. The zero-order valence-electron chi connectivity index (χ0n) is 6.99. The summed E-state index contributed by atoms with van der Waals surface area (Å²) >= 11 is 0. The van der Waals surface area contributed by atoms with Crippen LogP contribution in [0.2, 0.25) is 0 Å². The van der Waals surface area contributed by atoms with Crippen molar-refractivity contribution >= 4 is 17.3 Å². The van der Waals surface area contributed by atoms with Crippen molar-refractivity contribution in [1.29, 1.82) is 0 Å². The number of fused-ring (bicyclic) bond motifs is 1. The number of benzene rings is 1. The number of carbonyl (C=O) groups excluding carboxylic acids is 1. The number of hydrogen-bond acceptors (Lipinski definition) is 3. The van der Waals surface area contributed by atoms with E-state index in [1.165, 1.54) is 12.1 Å². The first kappa shape index (κ1) is 8.62. The monoisotopic (exact) mass is 192 g/mol. The Kier molecular flexibility index (Phi) is 1.89. The van der Waals surface area contributed by atoms with Gasteiger partial charge in [-0.3, -0.25) is 9.59 Å². The smallest absolute Gasteiger partial charge is 0.193 e. The number of carbonyl (C=O) groups is 1. The molecular weight excluding hydrogens is 187 g/mol. The lowest BCUT2D eigenvalue weighted by molar-refractivity contribution is 0.110. The van der Waals surface area contributed by atoms with Gasteiger partial charge in [0.25, 0.3) is 0 Å². The molecule has 14 heavy (non-hydrogen) atoms. The van der Waals surface area contributed by atoms with E-state index in [1.54, 1.807) is 0 Å². The van der Waals surface area contributed by atoms with Gasteiger partial charge in [-0.25, -0.2) is 4.39 Å². The van der Waals surface area contributed by atoms with Crippen LogP contribution in [0.5, 0.6) is 0 Å². The highest BCUT2D eigenvalue weighted by atomic mass is 19.1. The molecule has 0 fully saturated rings. The van der Waals surface area contributed by atoms with E-state index >= 15 is 0 Å². The van der Waals surface area contributed by atoms with Crippen LogP contribution in [0.15, 0.2) is 33.5 Å². The molecule has 0 spiro atoms. The molecule has 0 amide bonds. The summed E-state index contributed by atoms with van der Waals surface area (Å²) in [5.74, 6) is -0.614. The maximum Gasteiger partial charge on any atom is 0.193 e. The summed E-state index contributed by atoms with van der Waals surface area (Å²) in [6.45, 7) is 0. The maximum absolute atomic E-state index is 12.8. The van der Waals surface area contributed by atoms with E-state index in [2.05, 4.69) is 0 Å². The number of halogens is 1. The van der Waals surface area contributed by atoms with Crippen molar-refractivity contribution in [3.8, 4) is 0 Å². The lowest BCUT2D eigenvalue weighted by atomic mass is 10.2. The van der Waals surface area contributed by atoms with Crippen LogP contribution in [-0.2, 0) is 0 Å². The van der Waals surface area contributed by atoms with Crippen LogP contribution in [0.25, 0.3) is 11.0 Å². The van der Waals surface area contributed by atoms with E-state index in [-0.39, 0.29) is 22.2 Å². The van der Waals surface area contributed by atoms with Crippen LogP contribution >= 0.6 is 0 Å². The van der Waals surface area contributed by atoms with Crippen LogP contribution in [-0.4, -0.2) is 6.29 Å². The molecule has 0 aliphatic rings. The molecule has 1 aromatic heterocycles. The average Bonchev–Trinajstić information content (AvgIpc) is 2.16. The Hall–Kier alpha value is -1.97. The molecule has 0 saturated carbocycles. The van der Waals surface area contributed by atoms with Gasteiger partial charge >= 0.3 is 0 Å². The van der Waals surface area contributed by atoms with Gasteiger partial charge < -0.3 is 4.42 Å². The Morgan fingerprint density at radius 3 is 2.79 bits per heavy atom. The van der Waals surface area contributed by atoms with Gasteiger partial charge in [0.1, 0.15) is 11.4 Å². The van der Waals surface area contributed by atoms with E-state index in [0.717, 1.165) is 12.1 Å². The Morgan fingerprint density at radius 1 is 1.29 bits per heavy atom. The molecule has 0 saturated heterocycles. The first-order valence-electron chi connectivity index (χ1n) is 3.89. The Labute approximate surface area is 77.8 Å². The molecule has 0 atom stereocenters. The zero-order chi connectivity index (χ0) is 10.1. The number of hydrogen-bond donors (Lipinski definition) is 0. The highest BCUT2D eigenvalue weighted by Crippen LogP contribution is 2.12. The summed E-state index contributed by atoms with van der Waals surface area (Å²) in [4.78, 5) is 21.7. The molecule has 1 aromatic carbocycles. The fourth-order valence-corrected chi connectivity index (χ4v) is 1.21. The topological polar surface area (TPSA) is 47.3 Å². The molecule has 2 aromatic rings. The minimum absolute atomic E-state index is 0.0830. The second kappa shape index (κ2) is 3.06. The lowest BCUT2D eigenvalue weighted by Gasteiger charge is -1.96. The van der Waals surface area contributed by atoms with Gasteiger partial charge in [0.05, 0.1) is 5.39 Å². The second-order valence-corrected chi connectivity index (χ2v) is 2.77. The SMILES string of the molecule is O=Cc1cc(=O)c2ccc(F)cc2o1. The van der Waals surface area contributed by atoms with Crippen LogP contribution in [0.1, 0.15) is 10.6 Å². The van der Waals surface area contributed by atoms with Gasteiger partial charge in [-0.05, 0) is 12.1 Å². The van der Waals surface area contributed by atoms with Gasteiger partial charge in [0.15, 0.2) is 17.5 Å². The van der Waals surface area contributed by atoms with Gasteiger partial charge in [-0.1, -0.05) is 0 Å². The number of rotatable bonds is 1. The average molecular weight is 192 g/mol. The quantitative estimate of drug-likeness (QED) is 0.646. The lowest BCUT2D eigenvalue weighted by Crippen LogP contribution is -2.01. The molecular formula is C10H5FO3. The molecule has 0 aliphatic carbocycles. The van der Waals surface area contributed by atoms with E-state index in [9.17, 15) is 14.0 Å². The second-order valence-electron chi connectivity index (χ2n) is 2.77. The van der Waals surface area contributed by atoms with Crippen LogP contribution in [0.3, 0.4) is 0 Å². The zero-order valence-corrected chi connectivity index (χ0v) is 6.99. The summed E-state index contributed by atoms with van der Waals surface area (Å²) in [6, 6.07) is 4.64. The van der Waals surface area contributed by atoms with Crippen molar-refractivity contribution < 1.29 is 13.6 Å². The number of aldehydes is 1. The van der Waals surface area contributed by atoms with Gasteiger partial charge in [-0.2, -0.15) is 0 Å². The standard InChI is InChI=1S/C10H5FO3/c11-6-1-2-8-9(13)4-7(5-12)14-10(8)3-6/h1-5H. The van der Waals surface area contributed by atoms with Crippen molar-refractivity contribution in [2.24, 2.45) is 0 Å². The van der Waals surface area contributed by atoms with Crippen molar-refractivity contribution in [1.82, 2.24) is 0 Å². The largest absolute Gasteiger partial charge is 0.453 e. The Balaban J connectivity index is 2.90. The van der Waals surface area contributed by atoms with E-state index < -0.39 is 5.82 Å². The molecule has 0 aliphatic heterocycles. The van der Waals surface area contributed by atoms with Gasteiger partial charge in [-0.15, -0.1) is 0 Å². The van der Waals surface area contributed by atoms with Gasteiger partial charge in [0.2, 0.25) is 0 Å². The Bertz CT molecular complexity index is 557. The molecule has 0 N–H and O–H groups in total. The third-order valence-electron chi connectivity index (χ3n) is 1.83. The van der Waals surface area contributed by atoms with Crippen LogP contribution < -0.4 is 5.43 Å². The third kappa shape index (κ3) is 1.31. The summed E-state index contributed by atoms with van der Waals surface area (Å²) < 4.78 is 17.7. The highest BCUT2D eigenvalue weighted by Gasteiger charge is 2.04. The summed E-state index contributed by atoms with van der Waals surface area (Å²) in [5, 5.41) is 0.261. The molecule has 1 heterocycles. The summed E-state index contributed by atoms with van der Waals surface area (Å²) in [6.07, 6.45) is 0.408. The molecule has 2 rings (SSSR count). The minimum Gasteiger partial charge on any atom is -0.453 e. The third-order valence-corrected chi connectivity index (χ3v) is 1.83. The maximum atomic E-state index is 12.8. The molecule has 70 valence electrons. The van der Waals surface area contributed by atoms with Crippen molar-refractivity contribution in [3.05, 3.63) is 46.1 Å². The molecule has 4 heteroatoms. The predicted octanol–water partition coefficient (Wildman–Crippen LogP) is 1.74. The molecule has 0 bridgehead atoms. The molecule has 0 radical (unpaired) electrons. The molecule has 0 unspecified atom stereocenters. The molecule has 3 nitrogen and oxygen atoms in total. The van der Waals surface area contributed by atoms with Crippen LogP contribution in [0.4, 0.5) is 4.39 Å². The Morgan fingerprint density at radius 2 is 2.07 bits per heavy atom. The minimum atomic E-state index is -0.510. The van der Waals surface area contributed by atoms with E-state index in [1.807, 2.05) is 0 Å². The van der Waals surface area contributed by atoms with Crippen molar-refractivity contribution in [2.45, 2.75) is 0 Å². The first-order chi connectivity index (χ1) is 6.70. The van der Waals surface area contributed by atoms with E-state index in [4.69, 9.17) is 4.42 Å². The van der Waals surface area contributed by atoms with E-state index in [0.29, 0.717) is 6.29 Å². The van der Waals surface area contributed by atoms with Crippen molar-refractivity contribution in [3.63, 3.8) is 0 Å². The summed E-state index contributed by atoms with van der Waals surface area (Å²) in [7, 11) is 0. The fraction of sp³-hybridized carbons (Fsp3) is 0.